The Labute approximate surface area is 142 Å². The van der Waals surface area contributed by atoms with E-state index in [9.17, 15) is 16.8 Å². The number of sulfonamides is 2. The SMILES string of the molecule is CS(=O)(=O)NCCCNc1ccc(S(=O)(=O)N2CCOCC2)cn1. The molecule has 136 valence electrons. The lowest BCUT2D eigenvalue weighted by atomic mass is 10.4. The smallest absolute Gasteiger partial charge is 0.244 e. The number of hydrogen-bond donors (Lipinski definition) is 2. The van der Waals surface area contributed by atoms with Crippen LogP contribution in [0.5, 0.6) is 0 Å². The van der Waals surface area contributed by atoms with Crippen molar-refractivity contribution < 1.29 is 21.6 Å². The molecule has 1 aliphatic rings. The maximum Gasteiger partial charge on any atom is 0.244 e. The molecule has 1 fully saturated rings. The lowest BCUT2D eigenvalue weighted by Crippen LogP contribution is -2.40. The normalized spacial score (nSPS) is 16.9. The molecule has 24 heavy (non-hydrogen) atoms. The van der Waals surface area contributed by atoms with Gasteiger partial charge in [-0.25, -0.2) is 26.5 Å². The van der Waals surface area contributed by atoms with Crippen LogP contribution in [0.3, 0.4) is 0 Å². The molecule has 0 aromatic carbocycles. The number of hydrogen-bond acceptors (Lipinski definition) is 7. The molecular weight excluding hydrogens is 356 g/mol. The second-order valence-corrected chi connectivity index (χ2v) is 9.11. The van der Waals surface area contributed by atoms with E-state index in [1.165, 1.54) is 16.6 Å². The van der Waals surface area contributed by atoms with Crippen LogP contribution in [-0.2, 0) is 24.8 Å². The van der Waals surface area contributed by atoms with Gasteiger partial charge in [0.15, 0.2) is 0 Å². The molecule has 1 aromatic rings. The van der Waals surface area contributed by atoms with Crippen molar-refractivity contribution in [1.82, 2.24) is 14.0 Å². The average molecular weight is 378 g/mol. The first-order chi connectivity index (χ1) is 11.3. The first-order valence-electron chi connectivity index (χ1n) is 7.51. The van der Waals surface area contributed by atoms with Crippen molar-refractivity contribution in [3.63, 3.8) is 0 Å². The van der Waals surface area contributed by atoms with Gasteiger partial charge < -0.3 is 10.1 Å². The maximum absolute atomic E-state index is 12.4. The molecule has 0 radical (unpaired) electrons. The molecule has 1 aliphatic heterocycles. The Balaban J connectivity index is 1.86. The molecule has 9 nitrogen and oxygen atoms in total. The van der Waals surface area contributed by atoms with E-state index in [0.29, 0.717) is 51.6 Å². The summed E-state index contributed by atoms with van der Waals surface area (Å²) < 4.78 is 55.6. The fourth-order valence-corrected chi connectivity index (χ4v) is 4.00. The van der Waals surface area contributed by atoms with Crippen LogP contribution in [0, 0.1) is 0 Å². The van der Waals surface area contributed by atoms with Gasteiger partial charge in [0, 0.05) is 32.4 Å². The van der Waals surface area contributed by atoms with E-state index in [-0.39, 0.29) is 4.90 Å². The Morgan fingerprint density at radius 3 is 2.46 bits per heavy atom. The van der Waals surface area contributed by atoms with Crippen molar-refractivity contribution in [2.24, 2.45) is 0 Å². The zero-order valence-electron chi connectivity index (χ0n) is 13.4. The van der Waals surface area contributed by atoms with Crippen LogP contribution in [0.25, 0.3) is 0 Å². The Hall–Kier alpha value is -1.27. The summed E-state index contributed by atoms with van der Waals surface area (Å²) in [5, 5.41) is 3.01. The van der Waals surface area contributed by atoms with Crippen LogP contribution in [0.1, 0.15) is 6.42 Å². The number of morpholine rings is 1. The fraction of sp³-hybridized carbons (Fsp3) is 0.615. The zero-order chi connectivity index (χ0) is 17.6. The highest BCUT2D eigenvalue weighted by molar-refractivity contribution is 7.89. The molecule has 11 heteroatoms. The minimum Gasteiger partial charge on any atom is -0.379 e. The highest BCUT2D eigenvalue weighted by atomic mass is 32.2. The minimum atomic E-state index is -3.54. The molecule has 0 amide bonds. The third-order valence-electron chi connectivity index (χ3n) is 3.37. The molecule has 1 saturated heterocycles. The lowest BCUT2D eigenvalue weighted by Gasteiger charge is -2.25. The molecule has 0 aliphatic carbocycles. The van der Waals surface area contributed by atoms with Gasteiger partial charge in [0.1, 0.15) is 10.7 Å². The summed E-state index contributed by atoms with van der Waals surface area (Å²) in [6, 6.07) is 3.10. The molecule has 0 bridgehead atoms. The van der Waals surface area contributed by atoms with E-state index in [2.05, 4.69) is 15.0 Å². The first-order valence-corrected chi connectivity index (χ1v) is 10.8. The summed E-state index contributed by atoms with van der Waals surface area (Å²) in [4.78, 5) is 4.25. The van der Waals surface area contributed by atoms with E-state index in [4.69, 9.17) is 4.74 Å². The predicted octanol–water partition coefficient (Wildman–Crippen LogP) is -0.546. The number of nitrogens with zero attached hydrogens (tertiary/aromatic N) is 2. The first kappa shape index (κ1) is 19.1. The second kappa shape index (κ2) is 8.21. The van der Waals surface area contributed by atoms with Gasteiger partial charge in [-0.1, -0.05) is 0 Å². The third kappa shape index (κ3) is 5.67. The number of anilines is 1. The Kier molecular flexibility index (Phi) is 6.52. The fourth-order valence-electron chi connectivity index (χ4n) is 2.14. The molecule has 0 atom stereocenters. The Morgan fingerprint density at radius 2 is 1.88 bits per heavy atom. The highest BCUT2D eigenvalue weighted by Crippen LogP contribution is 2.17. The molecule has 0 spiro atoms. The predicted molar refractivity (Wildman–Crippen MR) is 89.8 cm³/mol. The standard InChI is InChI=1S/C13H22N4O5S2/c1-23(18,19)16-6-2-5-14-13-4-3-12(11-15-13)24(20,21)17-7-9-22-10-8-17/h3-4,11,16H,2,5-10H2,1H3,(H,14,15). The van der Waals surface area contributed by atoms with Crippen LogP contribution < -0.4 is 10.0 Å². The number of rotatable bonds is 8. The molecule has 2 rings (SSSR count). The summed E-state index contributed by atoms with van der Waals surface area (Å²) in [6.07, 6.45) is 3.01. The van der Waals surface area contributed by atoms with Crippen LogP contribution in [-0.4, -0.2) is 71.8 Å². The average Bonchev–Trinajstić information content (AvgIpc) is 2.55. The molecule has 1 aromatic heterocycles. The zero-order valence-corrected chi connectivity index (χ0v) is 15.1. The van der Waals surface area contributed by atoms with Gasteiger partial charge in [0.25, 0.3) is 0 Å². The summed E-state index contributed by atoms with van der Waals surface area (Å²) >= 11 is 0. The summed E-state index contributed by atoms with van der Waals surface area (Å²) in [6.45, 7) is 2.33. The van der Waals surface area contributed by atoms with E-state index in [1.54, 1.807) is 6.07 Å². The number of aromatic nitrogens is 1. The van der Waals surface area contributed by atoms with Crippen molar-refractivity contribution in [2.75, 3.05) is 51.0 Å². The summed E-state index contributed by atoms with van der Waals surface area (Å²) in [5.74, 6) is 0.537. The molecule has 2 heterocycles. The van der Waals surface area contributed by atoms with Crippen molar-refractivity contribution >= 4 is 25.9 Å². The maximum atomic E-state index is 12.4. The minimum absolute atomic E-state index is 0.147. The van der Waals surface area contributed by atoms with Gasteiger partial charge in [0.2, 0.25) is 20.0 Å². The van der Waals surface area contributed by atoms with Gasteiger partial charge in [-0.2, -0.15) is 4.31 Å². The van der Waals surface area contributed by atoms with Gasteiger partial charge in [-0.05, 0) is 18.6 Å². The lowest BCUT2D eigenvalue weighted by molar-refractivity contribution is 0.0730. The van der Waals surface area contributed by atoms with Crippen LogP contribution in [0.2, 0.25) is 0 Å². The monoisotopic (exact) mass is 378 g/mol. The highest BCUT2D eigenvalue weighted by Gasteiger charge is 2.26. The van der Waals surface area contributed by atoms with Gasteiger partial charge >= 0.3 is 0 Å². The van der Waals surface area contributed by atoms with Crippen molar-refractivity contribution in [1.29, 1.82) is 0 Å². The van der Waals surface area contributed by atoms with Crippen molar-refractivity contribution in [3.05, 3.63) is 18.3 Å². The number of nitrogens with one attached hydrogen (secondary N) is 2. The van der Waals surface area contributed by atoms with Crippen LogP contribution >= 0.6 is 0 Å². The van der Waals surface area contributed by atoms with Crippen molar-refractivity contribution in [3.8, 4) is 0 Å². The van der Waals surface area contributed by atoms with Crippen LogP contribution in [0.4, 0.5) is 5.82 Å². The number of ether oxygens (including phenoxy) is 1. The molecule has 0 saturated carbocycles. The second-order valence-electron chi connectivity index (χ2n) is 5.34. The Morgan fingerprint density at radius 1 is 1.17 bits per heavy atom. The van der Waals surface area contributed by atoms with E-state index >= 15 is 0 Å². The molecule has 2 N–H and O–H groups in total. The van der Waals surface area contributed by atoms with Crippen molar-refractivity contribution in [2.45, 2.75) is 11.3 Å². The van der Waals surface area contributed by atoms with E-state index in [1.807, 2.05) is 0 Å². The summed E-state index contributed by atoms with van der Waals surface area (Å²) in [5.41, 5.74) is 0. The largest absolute Gasteiger partial charge is 0.379 e. The third-order valence-corrected chi connectivity index (χ3v) is 5.98. The number of pyridine rings is 1. The Bertz CT molecular complexity index is 728. The quantitative estimate of drug-likeness (QED) is 0.583. The molecular formula is C13H22N4O5S2. The summed E-state index contributed by atoms with van der Waals surface area (Å²) in [7, 11) is -6.71. The van der Waals surface area contributed by atoms with Crippen LogP contribution in [0.15, 0.2) is 23.2 Å². The topological polar surface area (TPSA) is 118 Å². The van der Waals surface area contributed by atoms with Gasteiger partial charge in [0.05, 0.1) is 19.5 Å². The van der Waals surface area contributed by atoms with Gasteiger partial charge in [-0.3, -0.25) is 0 Å². The van der Waals surface area contributed by atoms with E-state index < -0.39 is 20.0 Å². The van der Waals surface area contributed by atoms with E-state index in [0.717, 1.165) is 6.26 Å². The van der Waals surface area contributed by atoms with Gasteiger partial charge in [-0.15, -0.1) is 0 Å². The molecule has 0 unspecified atom stereocenters.